The predicted octanol–water partition coefficient (Wildman–Crippen LogP) is 1.63. The smallest absolute Gasteiger partial charge is 0.259 e. The molecule has 106 valence electrons. The predicted molar refractivity (Wildman–Crippen MR) is 73.8 cm³/mol. The molecule has 0 radical (unpaired) electrons. The van der Waals surface area contributed by atoms with Gasteiger partial charge in [-0.25, -0.2) is 5.84 Å². The van der Waals surface area contributed by atoms with Crippen molar-refractivity contribution >= 4 is 5.91 Å². The lowest BCUT2D eigenvalue weighted by atomic mass is 9.97. The highest BCUT2D eigenvalue weighted by atomic mass is 16.5. The standard InChI is InChI=1S/C14H22N2O3/c1-9(2)12-6-11(7-19-8-14(17)16-15)10(3)5-13(12)18-4/h5-6,9H,7-8,15H2,1-4H3,(H,16,17). The summed E-state index contributed by atoms with van der Waals surface area (Å²) in [6.07, 6.45) is 0. The zero-order chi connectivity index (χ0) is 14.4. The van der Waals surface area contributed by atoms with E-state index in [0.717, 1.165) is 22.4 Å². The lowest BCUT2D eigenvalue weighted by molar-refractivity contribution is -0.126. The van der Waals surface area contributed by atoms with Crippen LogP contribution in [-0.4, -0.2) is 19.6 Å². The maximum atomic E-state index is 11.0. The average Bonchev–Trinajstić information content (AvgIpc) is 2.39. The van der Waals surface area contributed by atoms with E-state index < -0.39 is 0 Å². The summed E-state index contributed by atoms with van der Waals surface area (Å²) in [6, 6.07) is 4.07. The summed E-state index contributed by atoms with van der Waals surface area (Å²) in [7, 11) is 1.67. The molecule has 0 heterocycles. The quantitative estimate of drug-likeness (QED) is 0.466. The summed E-state index contributed by atoms with van der Waals surface area (Å²) in [5.74, 6) is 5.90. The molecule has 0 unspecified atom stereocenters. The first-order valence-electron chi connectivity index (χ1n) is 6.24. The molecule has 5 heteroatoms. The molecule has 0 fully saturated rings. The summed E-state index contributed by atoms with van der Waals surface area (Å²) >= 11 is 0. The van der Waals surface area contributed by atoms with Crippen molar-refractivity contribution < 1.29 is 14.3 Å². The van der Waals surface area contributed by atoms with Crippen molar-refractivity contribution in [1.29, 1.82) is 0 Å². The molecule has 0 aliphatic carbocycles. The molecule has 0 aliphatic heterocycles. The first-order chi connectivity index (χ1) is 8.99. The van der Waals surface area contributed by atoms with Crippen LogP contribution in [0.5, 0.6) is 5.75 Å². The minimum Gasteiger partial charge on any atom is -0.496 e. The van der Waals surface area contributed by atoms with Crippen LogP contribution >= 0.6 is 0 Å². The average molecular weight is 266 g/mol. The number of nitrogens with one attached hydrogen (secondary N) is 1. The molecule has 0 bridgehead atoms. The molecule has 0 saturated carbocycles. The van der Waals surface area contributed by atoms with Crippen molar-refractivity contribution in [1.82, 2.24) is 5.43 Å². The summed E-state index contributed by atoms with van der Waals surface area (Å²) in [6.45, 7) is 6.55. The third-order valence-corrected chi connectivity index (χ3v) is 2.96. The van der Waals surface area contributed by atoms with Crippen molar-refractivity contribution in [2.24, 2.45) is 5.84 Å². The number of amides is 1. The zero-order valence-corrected chi connectivity index (χ0v) is 11.9. The van der Waals surface area contributed by atoms with Crippen LogP contribution in [0.1, 0.15) is 36.5 Å². The second kappa shape index (κ2) is 7.11. The van der Waals surface area contributed by atoms with E-state index >= 15 is 0 Å². The molecule has 0 aliphatic rings. The van der Waals surface area contributed by atoms with Gasteiger partial charge in [0.25, 0.3) is 5.91 Å². The second-order valence-corrected chi connectivity index (χ2v) is 4.74. The fourth-order valence-electron chi connectivity index (χ4n) is 1.82. The van der Waals surface area contributed by atoms with Gasteiger partial charge in [-0.15, -0.1) is 0 Å². The van der Waals surface area contributed by atoms with Crippen molar-refractivity contribution in [2.75, 3.05) is 13.7 Å². The lowest BCUT2D eigenvalue weighted by Gasteiger charge is -2.16. The number of ether oxygens (including phenoxy) is 2. The van der Waals surface area contributed by atoms with Gasteiger partial charge in [-0.3, -0.25) is 10.2 Å². The molecule has 19 heavy (non-hydrogen) atoms. The Hall–Kier alpha value is -1.59. The summed E-state index contributed by atoms with van der Waals surface area (Å²) in [4.78, 5) is 11.0. The van der Waals surface area contributed by atoms with Crippen LogP contribution in [0.2, 0.25) is 0 Å². The van der Waals surface area contributed by atoms with Crippen molar-refractivity contribution in [2.45, 2.75) is 33.3 Å². The molecule has 1 rings (SSSR count). The Bertz CT molecular complexity index is 445. The Morgan fingerprint density at radius 2 is 2.11 bits per heavy atom. The van der Waals surface area contributed by atoms with Crippen LogP contribution in [0.4, 0.5) is 0 Å². The minimum absolute atomic E-state index is 0.0427. The number of hydrogen-bond acceptors (Lipinski definition) is 4. The van der Waals surface area contributed by atoms with Gasteiger partial charge in [-0.05, 0) is 41.7 Å². The van der Waals surface area contributed by atoms with E-state index in [1.807, 2.05) is 18.4 Å². The van der Waals surface area contributed by atoms with Crippen molar-refractivity contribution in [3.63, 3.8) is 0 Å². The highest BCUT2D eigenvalue weighted by Crippen LogP contribution is 2.29. The van der Waals surface area contributed by atoms with Crippen molar-refractivity contribution in [3.05, 3.63) is 28.8 Å². The van der Waals surface area contributed by atoms with Gasteiger partial charge in [0.2, 0.25) is 0 Å². The summed E-state index contributed by atoms with van der Waals surface area (Å²) in [5.41, 5.74) is 5.29. The van der Waals surface area contributed by atoms with E-state index in [9.17, 15) is 4.79 Å². The largest absolute Gasteiger partial charge is 0.496 e. The zero-order valence-electron chi connectivity index (χ0n) is 11.9. The van der Waals surface area contributed by atoms with E-state index in [1.165, 1.54) is 0 Å². The summed E-state index contributed by atoms with van der Waals surface area (Å²) in [5, 5.41) is 0. The lowest BCUT2D eigenvalue weighted by Crippen LogP contribution is -2.33. The van der Waals surface area contributed by atoms with E-state index in [0.29, 0.717) is 12.5 Å². The molecule has 5 nitrogen and oxygen atoms in total. The van der Waals surface area contributed by atoms with E-state index in [1.54, 1.807) is 7.11 Å². The van der Waals surface area contributed by atoms with Gasteiger partial charge >= 0.3 is 0 Å². The number of benzene rings is 1. The van der Waals surface area contributed by atoms with Gasteiger partial charge < -0.3 is 9.47 Å². The van der Waals surface area contributed by atoms with Gasteiger partial charge in [-0.1, -0.05) is 13.8 Å². The number of hydrogen-bond donors (Lipinski definition) is 2. The molecular formula is C14H22N2O3. The first kappa shape index (κ1) is 15.5. The van der Waals surface area contributed by atoms with E-state index in [-0.39, 0.29) is 12.5 Å². The highest BCUT2D eigenvalue weighted by Gasteiger charge is 2.11. The minimum atomic E-state index is -0.338. The number of nitrogens with two attached hydrogens (primary N) is 1. The number of methoxy groups -OCH3 is 1. The number of aryl methyl sites for hydroxylation is 1. The molecule has 0 aromatic heterocycles. The van der Waals surface area contributed by atoms with Crippen LogP contribution in [0.25, 0.3) is 0 Å². The highest BCUT2D eigenvalue weighted by molar-refractivity contribution is 5.76. The van der Waals surface area contributed by atoms with E-state index in [4.69, 9.17) is 15.3 Å². The third kappa shape index (κ3) is 4.22. The van der Waals surface area contributed by atoms with Crippen molar-refractivity contribution in [3.8, 4) is 5.75 Å². The fourth-order valence-corrected chi connectivity index (χ4v) is 1.82. The Balaban J connectivity index is 2.83. The molecular weight excluding hydrogens is 244 g/mol. The fraction of sp³-hybridized carbons (Fsp3) is 0.500. The van der Waals surface area contributed by atoms with Crippen LogP contribution in [0.3, 0.4) is 0 Å². The van der Waals surface area contributed by atoms with Crippen LogP contribution in [0, 0.1) is 6.92 Å². The molecule has 3 N–H and O–H groups in total. The Kier molecular flexibility index (Phi) is 5.79. The SMILES string of the molecule is COc1cc(C)c(COCC(=O)NN)cc1C(C)C. The van der Waals surface area contributed by atoms with Crippen LogP contribution < -0.4 is 16.0 Å². The molecule has 0 spiro atoms. The third-order valence-electron chi connectivity index (χ3n) is 2.96. The second-order valence-electron chi connectivity index (χ2n) is 4.74. The van der Waals surface area contributed by atoms with Gasteiger partial charge in [0, 0.05) is 0 Å². The molecule has 1 amide bonds. The first-order valence-corrected chi connectivity index (χ1v) is 6.24. The molecule has 1 aromatic carbocycles. The molecule has 1 aromatic rings. The van der Waals surface area contributed by atoms with Gasteiger partial charge in [0.1, 0.15) is 12.4 Å². The number of carbonyl (C=O) groups excluding carboxylic acids is 1. The van der Waals surface area contributed by atoms with Gasteiger partial charge in [0.15, 0.2) is 0 Å². The topological polar surface area (TPSA) is 73.6 Å². The number of hydrazine groups is 1. The Morgan fingerprint density at radius 1 is 1.42 bits per heavy atom. The summed E-state index contributed by atoms with van der Waals surface area (Å²) < 4.78 is 10.7. The molecule has 0 atom stereocenters. The maximum absolute atomic E-state index is 11.0. The Labute approximate surface area is 114 Å². The van der Waals surface area contributed by atoms with Crippen LogP contribution in [0.15, 0.2) is 12.1 Å². The monoisotopic (exact) mass is 266 g/mol. The maximum Gasteiger partial charge on any atom is 0.259 e. The number of carbonyl (C=O) groups is 1. The molecule has 0 saturated heterocycles. The van der Waals surface area contributed by atoms with Gasteiger partial charge in [0.05, 0.1) is 13.7 Å². The number of rotatable bonds is 6. The van der Waals surface area contributed by atoms with E-state index in [2.05, 4.69) is 19.9 Å². The van der Waals surface area contributed by atoms with Gasteiger partial charge in [-0.2, -0.15) is 0 Å². The normalized spacial score (nSPS) is 10.6. The van der Waals surface area contributed by atoms with Crippen LogP contribution in [-0.2, 0) is 16.1 Å². The Morgan fingerprint density at radius 3 is 2.63 bits per heavy atom.